The van der Waals surface area contributed by atoms with Gasteiger partial charge in [0.1, 0.15) is 0 Å². The zero-order valence-electron chi connectivity index (χ0n) is 18.7. The lowest BCUT2D eigenvalue weighted by Gasteiger charge is -2.50. The number of sulfonamides is 1. The molecule has 0 bridgehead atoms. The van der Waals surface area contributed by atoms with Gasteiger partial charge in [-0.2, -0.15) is 0 Å². The standard InChI is InChI=1S/C23H34N4O3S/c1-23-10-5-11-27(23)13-12-26(2)20(23)15-31(29,30)25-22(28)24-21-18-8-3-6-16(18)14-17-7-4-9-19(17)21/h14,20H,3-13,15H2,1-2H3,(H2,24,25,28)/t20?,23-/m1/s1. The molecule has 5 rings (SSSR count). The predicted octanol–water partition coefficient (Wildman–Crippen LogP) is 2.28. The van der Waals surface area contributed by atoms with Gasteiger partial charge in [-0.15, -0.1) is 0 Å². The van der Waals surface area contributed by atoms with Gasteiger partial charge in [0, 0.05) is 30.4 Å². The van der Waals surface area contributed by atoms with Crippen LogP contribution in [0, 0.1) is 0 Å². The second-order valence-electron chi connectivity index (χ2n) is 10.0. The molecule has 0 spiro atoms. The molecule has 1 aromatic carbocycles. The van der Waals surface area contributed by atoms with Crippen LogP contribution in [0.5, 0.6) is 0 Å². The molecule has 7 nitrogen and oxygen atoms in total. The monoisotopic (exact) mass is 446 g/mol. The van der Waals surface area contributed by atoms with Crippen LogP contribution in [-0.2, 0) is 35.7 Å². The Bertz CT molecular complexity index is 976. The quantitative estimate of drug-likeness (QED) is 0.742. The second kappa shape index (κ2) is 7.74. The van der Waals surface area contributed by atoms with E-state index in [1.54, 1.807) is 0 Å². The number of amides is 2. The van der Waals surface area contributed by atoms with Gasteiger partial charge < -0.3 is 5.32 Å². The van der Waals surface area contributed by atoms with E-state index in [4.69, 9.17) is 0 Å². The van der Waals surface area contributed by atoms with Crippen molar-refractivity contribution < 1.29 is 13.2 Å². The zero-order chi connectivity index (χ0) is 21.8. The topological polar surface area (TPSA) is 81.8 Å². The number of carbonyl (C=O) groups is 1. The van der Waals surface area contributed by atoms with Crippen molar-refractivity contribution in [3.05, 3.63) is 28.3 Å². The lowest BCUT2D eigenvalue weighted by molar-refractivity contribution is 0.00604. The lowest BCUT2D eigenvalue weighted by Crippen LogP contribution is -2.65. The molecule has 0 radical (unpaired) electrons. The summed E-state index contributed by atoms with van der Waals surface area (Å²) in [6, 6.07) is 1.55. The summed E-state index contributed by atoms with van der Waals surface area (Å²) < 4.78 is 28.4. The van der Waals surface area contributed by atoms with Crippen LogP contribution in [0.15, 0.2) is 6.07 Å². The number of benzene rings is 1. The highest BCUT2D eigenvalue weighted by Gasteiger charge is 2.49. The molecule has 2 fully saturated rings. The number of piperazine rings is 1. The first-order valence-corrected chi connectivity index (χ1v) is 13.4. The molecule has 2 N–H and O–H groups in total. The first-order valence-electron chi connectivity index (χ1n) is 11.7. The van der Waals surface area contributed by atoms with Gasteiger partial charge in [-0.3, -0.25) is 9.80 Å². The summed E-state index contributed by atoms with van der Waals surface area (Å²) in [4.78, 5) is 17.4. The van der Waals surface area contributed by atoms with Crippen molar-refractivity contribution in [1.82, 2.24) is 14.5 Å². The normalized spacial score (nSPS) is 28.3. The van der Waals surface area contributed by atoms with Gasteiger partial charge in [-0.1, -0.05) is 6.07 Å². The molecule has 0 saturated carbocycles. The van der Waals surface area contributed by atoms with Crippen LogP contribution in [-0.4, -0.2) is 68.3 Å². The first kappa shape index (κ1) is 21.2. The minimum atomic E-state index is -3.77. The van der Waals surface area contributed by atoms with E-state index in [1.807, 2.05) is 7.05 Å². The Kier molecular flexibility index (Phi) is 5.30. The van der Waals surface area contributed by atoms with E-state index in [0.29, 0.717) is 0 Å². The smallest absolute Gasteiger partial charge is 0.307 e. The molecule has 2 atom stereocenters. The van der Waals surface area contributed by atoms with Crippen LogP contribution in [0.2, 0.25) is 0 Å². The van der Waals surface area contributed by atoms with E-state index >= 15 is 0 Å². The van der Waals surface area contributed by atoms with Gasteiger partial charge in [0.05, 0.1) is 5.75 Å². The molecule has 2 aliphatic heterocycles. The van der Waals surface area contributed by atoms with Crippen molar-refractivity contribution in [2.24, 2.45) is 0 Å². The van der Waals surface area contributed by atoms with E-state index in [-0.39, 0.29) is 17.3 Å². The SMILES string of the molecule is CN1CCN2CCC[C@]2(C)C1CS(=O)(=O)NC(=O)Nc1c2c(cc3c1CCC3)CCC2. The number of aryl methyl sites for hydroxylation is 2. The third-order valence-corrected chi connectivity index (χ3v) is 9.39. The average Bonchev–Trinajstić information content (AvgIpc) is 3.43. The fraction of sp³-hybridized carbons (Fsp3) is 0.696. The van der Waals surface area contributed by atoms with Crippen molar-refractivity contribution in [2.75, 3.05) is 37.8 Å². The number of nitrogens with one attached hydrogen (secondary N) is 2. The molecule has 31 heavy (non-hydrogen) atoms. The summed E-state index contributed by atoms with van der Waals surface area (Å²) >= 11 is 0. The molecule has 2 aliphatic carbocycles. The number of anilines is 1. The Balaban J connectivity index is 1.32. The van der Waals surface area contributed by atoms with E-state index in [9.17, 15) is 13.2 Å². The molecule has 2 heterocycles. The number of likely N-dealkylation sites (N-methyl/N-ethyl adjacent to an activating group) is 1. The van der Waals surface area contributed by atoms with Gasteiger partial charge in [0.2, 0.25) is 10.0 Å². The molecule has 4 aliphatic rings. The fourth-order valence-electron chi connectivity index (χ4n) is 6.50. The van der Waals surface area contributed by atoms with Crippen LogP contribution in [0.3, 0.4) is 0 Å². The highest BCUT2D eigenvalue weighted by Crippen LogP contribution is 2.39. The average molecular weight is 447 g/mol. The maximum atomic E-state index is 13.0. The van der Waals surface area contributed by atoms with Crippen molar-refractivity contribution in [1.29, 1.82) is 0 Å². The third-order valence-electron chi connectivity index (χ3n) is 8.14. The van der Waals surface area contributed by atoms with Crippen LogP contribution in [0.4, 0.5) is 10.5 Å². The number of nitrogens with zero attached hydrogens (tertiary/aromatic N) is 2. The number of carbonyl (C=O) groups excluding carboxylic acids is 1. The molecule has 2 amide bonds. The van der Waals surface area contributed by atoms with Gasteiger partial charge in [-0.05, 0) is 94.1 Å². The third kappa shape index (κ3) is 3.76. The Hall–Kier alpha value is -1.64. The van der Waals surface area contributed by atoms with Crippen LogP contribution in [0.25, 0.3) is 0 Å². The lowest BCUT2D eigenvalue weighted by atomic mass is 9.87. The number of rotatable bonds is 4. The highest BCUT2D eigenvalue weighted by atomic mass is 32.2. The van der Waals surface area contributed by atoms with Crippen molar-refractivity contribution >= 4 is 21.7 Å². The van der Waals surface area contributed by atoms with E-state index in [0.717, 1.165) is 76.7 Å². The highest BCUT2D eigenvalue weighted by molar-refractivity contribution is 7.90. The van der Waals surface area contributed by atoms with Gasteiger partial charge in [0.15, 0.2) is 0 Å². The predicted molar refractivity (Wildman–Crippen MR) is 122 cm³/mol. The van der Waals surface area contributed by atoms with Crippen molar-refractivity contribution in [3.63, 3.8) is 0 Å². The van der Waals surface area contributed by atoms with Gasteiger partial charge in [-0.25, -0.2) is 17.9 Å². The zero-order valence-corrected chi connectivity index (χ0v) is 19.5. The van der Waals surface area contributed by atoms with E-state index < -0.39 is 16.1 Å². The summed E-state index contributed by atoms with van der Waals surface area (Å²) in [6.45, 7) is 5.03. The molecule has 170 valence electrons. The Morgan fingerprint density at radius 3 is 2.42 bits per heavy atom. The number of hydrogen-bond acceptors (Lipinski definition) is 5. The molecular weight excluding hydrogens is 412 g/mol. The van der Waals surface area contributed by atoms with Crippen LogP contribution in [0.1, 0.15) is 54.9 Å². The summed E-state index contributed by atoms with van der Waals surface area (Å²) in [5.74, 6) is -0.0606. The van der Waals surface area contributed by atoms with Crippen LogP contribution >= 0.6 is 0 Å². The number of fused-ring (bicyclic) bond motifs is 3. The molecule has 1 unspecified atom stereocenters. The molecule has 0 aromatic heterocycles. The summed E-state index contributed by atoms with van der Waals surface area (Å²) in [7, 11) is -1.77. The van der Waals surface area contributed by atoms with Gasteiger partial charge >= 0.3 is 6.03 Å². The number of hydrogen-bond donors (Lipinski definition) is 2. The molecule has 2 saturated heterocycles. The largest absolute Gasteiger partial charge is 0.332 e. The van der Waals surface area contributed by atoms with Crippen molar-refractivity contribution in [2.45, 2.75) is 69.9 Å². The Morgan fingerprint density at radius 2 is 1.74 bits per heavy atom. The van der Waals surface area contributed by atoms with Gasteiger partial charge in [0.25, 0.3) is 0 Å². The minimum absolute atomic E-state index is 0.0606. The summed E-state index contributed by atoms with van der Waals surface area (Å²) in [6.07, 6.45) is 8.26. The number of urea groups is 1. The second-order valence-corrected chi connectivity index (χ2v) is 11.8. The minimum Gasteiger partial charge on any atom is -0.307 e. The first-order chi connectivity index (χ1) is 14.8. The Labute approximate surface area is 185 Å². The van der Waals surface area contributed by atoms with Crippen molar-refractivity contribution in [3.8, 4) is 0 Å². The summed E-state index contributed by atoms with van der Waals surface area (Å²) in [5, 5.41) is 2.95. The van der Waals surface area contributed by atoms with E-state index in [2.05, 4.69) is 32.8 Å². The fourth-order valence-corrected chi connectivity index (χ4v) is 7.94. The molecular formula is C23H34N4O3S. The molecule has 1 aromatic rings. The summed E-state index contributed by atoms with van der Waals surface area (Å²) in [5.41, 5.74) is 5.76. The van der Waals surface area contributed by atoms with Crippen LogP contribution < -0.4 is 10.0 Å². The molecule has 8 heteroatoms. The maximum absolute atomic E-state index is 13.0. The maximum Gasteiger partial charge on any atom is 0.332 e. The van der Waals surface area contributed by atoms with E-state index in [1.165, 1.54) is 22.3 Å². The Morgan fingerprint density at radius 1 is 1.06 bits per heavy atom.